The highest BCUT2D eigenvalue weighted by molar-refractivity contribution is 5.16. The maximum atomic E-state index is 3.30. The fourth-order valence-corrected chi connectivity index (χ4v) is 2.22. The number of likely N-dealkylation sites (N-methyl/N-ethyl adjacent to an activating group) is 3. The molecule has 14 heavy (non-hydrogen) atoms. The number of allylic oxidation sites excluding steroid dienone is 1. The van der Waals surface area contributed by atoms with E-state index in [0.717, 1.165) is 19.0 Å². The van der Waals surface area contributed by atoms with Gasteiger partial charge in [0, 0.05) is 25.8 Å². The first-order chi connectivity index (χ1) is 6.70. The normalized spacial score (nSPS) is 26.8. The molecular formula is C11H23N3. The van der Waals surface area contributed by atoms with Crippen molar-refractivity contribution < 1.29 is 0 Å². The second kappa shape index (κ2) is 5.37. The molecule has 0 saturated carbocycles. The van der Waals surface area contributed by atoms with Crippen LogP contribution >= 0.6 is 0 Å². The van der Waals surface area contributed by atoms with Gasteiger partial charge in [-0.15, -0.1) is 0 Å². The summed E-state index contributed by atoms with van der Waals surface area (Å²) < 4.78 is 0. The summed E-state index contributed by atoms with van der Waals surface area (Å²) in [6.45, 7) is 4.47. The SMILES string of the molecule is CNCCN(C)C1C(NC)=CCC1C. The van der Waals surface area contributed by atoms with E-state index < -0.39 is 0 Å². The zero-order valence-corrected chi connectivity index (χ0v) is 9.80. The van der Waals surface area contributed by atoms with Crippen molar-refractivity contribution in [2.45, 2.75) is 19.4 Å². The number of nitrogens with zero attached hydrogens (tertiary/aromatic N) is 1. The Morgan fingerprint density at radius 3 is 2.79 bits per heavy atom. The third kappa shape index (κ3) is 2.49. The second-order valence-corrected chi connectivity index (χ2v) is 4.15. The van der Waals surface area contributed by atoms with Gasteiger partial charge in [-0.05, 0) is 26.4 Å². The fourth-order valence-electron chi connectivity index (χ4n) is 2.22. The number of nitrogens with one attached hydrogen (secondary N) is 2. The standard InChI is InChI=1S/C11H23N3/c1-9-5-6-10(13-3)11(9)14(4)8-7-12-2/h6,9,11-13H,5,7-8H2,1-4H3. The quantitative estimate of drug-likeness (QED) is 0.677. The topological polar surface area (TPSA) is 27.3 Å². The Kier molecular flexibility index (Phi) is 4.42. The summed E-state index contributed by atoms with van der Waals surface area (Å²) in [6.07, 6.45) is 3.52. The van der Waals surface area contributed by atoms with Crippen molar-refractivity contribution in [3.8, 4) is 0 Å². The van der Waals surface area contributed by atoms with Crippen molar-refractivity contribution in [2.24, 2.45) is 5.92 Å². The summed E-state index contributed by atoms with van der Waals surface area (Å²) in [7, 11) is 6.22. The van der Waals surface area contributed by atoms with E-state index in [4.69, 9.17) is 0 Å². The molecule has 2 unspecified atom stereocenters. The summed E-state index contributed by atoms with van der Waals surface area (Å²) in [6, 6.07) is 0.577. The van der Waals surface area contributed by atoms with Crippen LogP contribution in [0.3, 0.4) is 0 Å². The van der Waals surface area contributed by atoms with Gasteiger partial charge >= 0.3 is 0 Å². The Balaban J connectivity index is 2.51. The van der Waals surface area contributed by atoms with Gasteiger partial charge in [-0.25, -0.2) is 0 Å². The largest absolute Gasteiger partial charge is 0.390 e. The third-order valence-electron chi connectivity index (χ3n) is 3.05. The lowest BCUT2D eigenvalue weighted by Gasteiger charge is -2.30. The predicted octanol–water partition coefficient (Wildman–Crippen LogP) is 0.649. The van der Waals surface area contributed by atoms with Gasteiger partial charge in [-0.1, -0.05) is 13.0 Å². The zero-order chi connectivity index (χ0) is 10.6. The molecule has 2 atom stereocenters. The summed E-state index contributed by atoms with van der Waals surface area (Å²) in [4.78, 5) is 2.43. The first-order valence-electron chi connectivity index (χ1n) is 5.43. The summed E-state index contributed by atoms with van der Waals surface area (Å²) in [5.41, 5.74) is 1.39. The minimum Gasteiger partial charge on any atom is -0.390 e. The second-order valence-electron chi connectivity index (χ2n) is 4.15. The monoisotopic (exact) mass is 197 g/mol. The lowest BCUT2D eigenvalue weighted by Crippen LogP contribution is -2.41. The molecule has 1 rings (SSSR count). The van der Waals surface area contributed by atoms with Gasteiger partial charge in [0.15, 0.2) is 0 Å². The van der Waals surface area contributed by atoms with Crippen molar-refractivity contribution in [2.75, 3.05) is 34.2 Å². The van der Waals surface area contributed by atoms with Crippen LogP contribution in [-0.4, -0.2) is 45.2 Å². The van der Waals surface area contributed by atoms with Crippen LogP contribution in [0.5, 0.6) is 0 Å². The van der Waals surface area contributed by atoms with E-state index in [2.05, 4.69) is 35.6 Å². The van der Waals surface area contributed by atoms with Gasteiger partial charge in [0.1, 0.15) is 0 Å². The van der Waals surface area contributed by atoms with Crippen LogP contribution in [0.4, 0.5) is 0 Å². The van der Waals surface area contributed by atoms with Crippen molar-refractivity contribution in [1.29, 1.82) is 0 Å². The average Bonchev–Trinajstić information content (AvgIpc) is 2.56. The van der Waals surface area contributed by atoms with Gasteiger partial charge in [-0.2, -0.15) is 0 Å². The molecule has 0 aromatic heterocycles. The van der Waals surface area contributed by atoms with Crippen LogP contribution in [0.15, 0.2) is 11.8 Å². The fraction of sp³-hybridized carbons (Fsp3) is 0.818. The lowest BCUT2D eigenvalue weighted by atomic mass is 10.0. The minimum atomic E-state index is 0.577. The van der Waals surface area contributed by atoms with Crippen LogP contribution in [0.25, 0.3) is 0 Å². The molecule has 3 heteroatoms. The Morgan fingerprint density at radius 2 is 2.21 bits per heavy atom. The highest BCUT2D eigenvalue weighted by Crippen LogP contribution is 2.26. The zero-order valence-electron chi connectivity index (χ0n) is 9.80. The van der Waals surface area contributed by atoms with E-state index in [1.54, 1.807) is 0 Å². The molecule has 1 aliphatic rings. The Morgan fingerprint density at radius 1 is 1.50 bits per heavy atom. The van der Waals surface area contributed by atoms with E-state index in [9.17, 15) is 0 Å². The summed E-state index contributed by atoms with van der Waals surface area (Å²) in [5, 5.41) is 6.49. The molecule has 0 heterocycles. The molecule has 0 fully saturated rings. The molecule has 0 aromatic rings. The van der Waals surface area contributed by atoms with E-state index in [1.165, 1.54) is 12.1 Å². The molecule has 0 aromatic carbocycles. The third-order valence-corrected chi connectivity index (χ3v) is 3.05. The first-order valence-corrected chi connectivity index (χ1v) is 5.43. The van der Waals surface area contributed by atoms with Crippen molar-refractivity contribution in [3.05, 3.63) is 11.8 Å². The highest BCUT2D eigenvalue weighted by atomic mass is 15.2. The highest BCUT2D eigenvalue weighted by Gasteiger charge is 2.28. The van der Waals surface area contributed by atoms with Gasteiger partial charge in [-0.3, -0.25) is 4.90 Å². The van der Waals surface area contributed by atoms with Gasteiger partial charge in [0.2, 0.25) is 0 Å². The molecule has 2 N–H and O–H groups in total. The van der Waals surface area contributed by atoms with Gasteiger partial charge in [0.05, 0.1) is 6.04 Å². The average molecular weight is 197 g/mol. The maximum Gasteiger partial charge on any atom is 0.0518 e. The number of rotatable bonds is 5. The first kappa shape index (κ1) is 11.5. The van der Waals surface area contributed by atoms with E-state index in [-0.39, 0.29) is 0 Å². The predicted molar refractivity (Wildman–Crippen MR) is 61.3 cm³/mol. The van der Waals surface area contributed by atoms with Gasteiger partial charge in [0.25, 0.3) is 0 Å². The van der Waals surface area contributed by atoms with E-state index in [1.807, 2.05) is 14.1 Å². The molecular weight excluding hydrogens is 174 g/mol. The van der Waals surface area contributed by atoms with Crippen LogP contribution in [-0.2, 0) is 0 Å². The minimum absolute atomic E-state index is 0.577. The van der Waals surface area contributed by atoms with Crippen molar-refractivity contribution in [1.82, 2.24) is 15.5 Å². The van der Waals surface area contributed by atoms with Crippen LogP contribution in [0, 0.1) is 5.92 Å². The Hall–Kier alpha value is -0.540. The maximum absolute atomic E-state index is 3.30. The van der Waals surface area contributed by atoms with Crippen LogP contribution in [0.1, 0.15) is 13.3 Å². The molecule has 3 nitrogen and oxygen atoms in total. The van der Waals surface area contributed by atoms with E-state index in [0.29, 0.717) is 6.04 Å². The molecule has 0 aliphatic heterocycles. The summed E-state index contributed by atoms with van der Waals surface area (Å²) >= 11 is 0. The van der Waals surface area contributed by atoms with E-state index >= 15 is 0 Å². The smallest absolute Gasteiger partial charge is 0.0518 e. The molecule has 0 radical (unpaired) electrons. The molecule has 0 amide bonds. The number of hydrogen-bond acceptors (Lipinski definition) is 3. The lowest BCUT2D eigenvalue weighted by molar-refractivity contribution is 0.222. The molecule has 82 valence electrons. The molecule has 1 aliphatic carbocycles. The molecule has 0 spiro atoms. The summed E-state index contributed by atoms with van der Waals surface area (Å²) in [5.74, 6) is 0.735. The number of hydrogen-bond donors (Lipinski definition) is 2. The van der Waals surface area contributed by atoms with Gasteiger partial charge < -0.3 is 10.6 Å². The van der Waals surface area contributed by atoms with Crippen LogP contribution < -0.4 is 10.6 Å². The Labute approximate surface area is 87.6 Å². The van der Waals surface area contributed by atoms with Crippen molar-refractivity contribution in [3.63, 3.8) is 0 Å². The van der Waals surface area contributed by atoms with Crippen molar-refractivity contribution >= 4 is 0 Å². The van der Waals surface area contributed by atoms with Crippen LogP contribution in [0.2, 0.25) is 0 Å². The molecule has 0 bridgehead atoms. The Bertz CT molecular complexity index is 201. The molecule has 0 saturated heterocycles.